The molecule has 1 N–H and O–H groups in total. The van der Waals surface area contributed by atoms with Gasteiger partial charge in [-0.2, -0.15) is 4.31 Å². The van der Waals surface area contributed by atoms with Crippen molar-refractivity contribution >= 4 is 21.5 Å². The van der Waals surface area contributed by atoms with Gasteiger partial charge in [0.2, 0.25) is 10.0 Å². The third-order valence-corrected chi connectivity index (χ3v) is 6.38. The number of piperidine rings is 1. The van der Waals surface area contributed by atoms with Crippen LogP contribution in [0.2, 0.25) is 0 Å². The van der Waals surface area contributed by atoms with Crippen molar-refractivity contribution in [1.29, 1.82) is 0 Å². The second-order valence-corrected chi connectivity index (χ2v) is 8.18. The van der Waals surface area contributed by atoms with Gasteiger partial charge in [-0.1, -0.05) is 12.5 Å². The molecule has 0 atom stereocenters. The molecular weight excluding hydrogens is 352 g/mol. The van der Waals surface area contributed by atoms with Gasteiger partial charge in [0.1, 0.15) is 10.7 Å². The molecule has 3 aromatic heterocycles. The van der Waals surface area contributed by atoms with Gasteiger partial charge >= 0.3 is 0 Å². The maximum absolute atomic E-state index is 12.6. The molecule has 0 spiro atoms. The number of aromatic nitrogens is 4. The molecule has 3 aromatic rings. The molecule has 0 bridgehead atoms. The smallest absolute Gasteiger partial charge is 0.244 e. The highest BCUT2D eigenvalue weighted by Crippen LogP contribution is 2.20. The molecule has 4 heterocycles. The van der Waals surface area contributed by atoms with E-state index in [1.165, 1.54) is 6.20 Å². The fraction of sp³-hybridized carbons (Fsp3) is 0.353. The Hall–Kier alpha value is -2.52. The summed E-state index contributed by atoms with van der Waals surface area (Å²) in [5.41, 5.74) is 0.778. The fourth-order valence-corrected chi connectivity index (χ4v) is 4.54. The monoisotopic (exact) mass is 372 g/mol. The van der Waals surface area contributed by atoms with E-state index in [1.807, 2.05) is 28.8 Å². The Morgan fingerprint density at radius 2 is 1.88 bits per heavy atom. The summed E-state index contributed by atoms with van der Waals surface area (Å²) < 4.78 is 28.7. The predicted molar refractivity (Wildman–Crippen MR) is 97.2 cm³/mol. The Kier molecular flexibility index (Phi) is 4.56. The highest BCUT2D eigenvalue weighted by molar-refractivity contribution is 7.89. The number of nitrogens with zero attached hydrogens (tertiary/aromatic N) is 5. The van der Waals surface area contributed by atoms with Crippen molar-refractivity contribution in [3.05, 3.63) is 48.5 Å². The third kappa shape index (κ3) is 3.27. The van der Waals surface area contributed by atoms with E-state index < -0.39 is 10.0 Å². The van der Waals surface area contributed by atoms with Crippen molar-refractivity contribution in [1.82, 2.24) is 23.9 Å². The first-order valence-electron chi connectivity index (χ1n) is 8.63. The molecular formula is C17H20N6O2S. The second-order valence-electron chi connectivity index (χ2n) is 6.24. The van der Waals surface area contributed by atoms with Crippen LogP contribution in [0.15, 0.2) is 47.6 Å². The van der Waals surface area contributed by atoms with Crippen molar-refractivity contribution in [3.63, 3.8) is 0 Å². The van der Waals surface area contributed by atoms with Crippen molar-refractivity contribution in [2.45, 2.75) is 30.7 Å². The van der Waals surface area contributed by atoms with Crippen LogP contribution in [0, 0.1) is 0 Å². The number of fused-ring (bicyclic) bond motifs is 1. The van der Waals surface area contributed by atoms with Gasteiger partial charge in [0.05, 0.1) is 6.54 Å². The van der Waals surface area contributed by atoms with Gasteiger partial charge < -0.3 is 5.32 Å². The highest BCUT2D eigenvalue weighted by Gasteiger charge is 2.26. The Morgan fingerprint density at radius 3 is 2.65 bits per heavy atom. The third-order valence-electron chi connectivity index (χ3n) is 4.50. The minimum Gasteiger partial charge on any atom is -0.363 e. The lowest BCUT2D eigenvalue weighted by atomic mass is 10.2. The number of hydrogen-bond donors (Lipinski definition) is 1. The topological polar surface area (TPSA) is 92.5 Å². The van der Waals surface area contributed by atoms with Gasteiger partial charge in [0.15, 0.2) is 11.5 Å². The summed E-state index contributed by atoms with van der Waals surface area (Å²) in [6.07, 6.45) is 6.23. The molecule has 1 saturated heterocycles. The molecule has 136 valence electrons. The summed E-state index contributed by atoms with van der Waals surface area (Å²) in [5, 5.41) is 11.4. The van der Waals surface area contributed by atoms with Crippen LogP contribution in [0.4, 0.5) is 5.82 Å². The fourth-order valence-electron chi connectivity index (χ4n) is 3.07. The van der Waals surface area contributed by atoms with Crippen molar-refractivity contribution in [3.8, 4) is 0 Å². The summed E-state index contributed by atoms with van der Waals surface area (Å²) in [5.74, 6) is 1.35. The standard InChI is InChI=1S/C17H20N6O2S/c24-26(25,22-9-3-1-4-10-22)14-7-8-15(18-12-14)19-13-17-21-20-16-6-2-5-11-23(16)17/h2,5-8,11-12H,1,3-4,9-10,13H2,(H,18,19). The number of anilines is 1. The summed E-state index contributed by atoms with van der Waals surface area (Å²) >= 11 is 0. The highest BCUT2D eigenvalue weighted by atomic mass is 32.2. The normalized spacial score (nSPS) is 16.0. The molecule has 4 rings (SSSR count). The SMILES string of the molecule is O=S(=O)(c1ccc(NCc2nnc3ccccn23)nc1)N1CCCCC1. The van der Waals surface area contributed by atoms with Gasteiger partial charge in [0, 0.05) is 25.5 Å². The first-order valence-corrected chi connectivity index (χ1v) is 10.1. The quantitative estimate of drug-likeness (QED) is 0.735. The van der Waals surface area contributed by atoms with Crippen LogP contribution in [0.3, 0.4) is 0 Å². The lowest BCUT2D eigenvalue weighted by Crippen LogP contribution is -2.35. The molecule has 1 aliphatic heterocycles. The van der Waals surface area contributed by atoms with Crippen LogP contribution in [-0.4, -0.2) is 45.4 Å². The zero-order valence-electron chi connectivity index (χ0n) is 14.2. The molecule has 26 heavy (non-hydrogen) atoms. The molecule has 0 saturated carbocycles. The number of sulfonamides is 1. The summed E-state index contributed by atoms with van der Waals surface area (Å²) in [6.45, 7) is 1.61. The van der Waals surface area contributed by atoms with Crippen molar-refractivity contribution in [2.24, 2.45) is 0 Å². The van der Waals surface area contributed by atoms with Gasteiger partial charge in [-0.3, -0.25) is 4.40 Å². The van der Waals surface area contributed by atoms with Gasteiger partial charge in [0.25, 0.3) is 0 Å². The molecule has 8 nitrogen and oxygen atoms in total. The van der Waals surface area contributed by atoms with Gasteiger partial charge in [-0.15, -0.1) is 10.2 Å². The van der Waals surface area contributed by atoms with Crippen LogP contribution < -0.4 is 5.32 Å². The Labute approximate surface area is 151 Å². The van der Waals surface area contributed by atoms with E-state index in [-0.39, 0.29) is 4.90 Å². The summed E-state index contributed by atoms with van der Waals surface area (Å²) in [6, 6.07) is 8.99. The number of nitrogens with one attached hydrogen (secondary N) is 1. The molecule has 1 fully saturated rings. The lowest BCUT2D eigenvalue weighted by Gasteiger charge is -2.25. The Bertz CT molecular complexity index is 994. The number of pyridine rings is 2. The molecule has 0 radical (unpaired) electrons. The van der Waals surface area contributed by atoms with E-state index in [0.717, 1.165) is 30.7 Å². The summed E-state index contributed by atoms with van der Waals surface area (Å²) in [7, 11) is -3.45. The minimum atomic E-state index is -3.45. The van der Waals surface area contributed by atoms with Crippen LogP contribution in [0.25, 0.3) is 5.65 Å². The van der Waals surface area contributed by atoms with E-state index in [4.69, 9.17) is 0 Å². The molecule has 0 aromatic carbocycles. The number of rotatable bonds is 5. The van der Waals surface area contributed by atoms with Crippen LogP contribution in [-0.2, 0) is 16.6 Å². The minimum absolute atomic E-state index is 0.234. The Balaban J connectivity index is 1.46. The second kappa shape index (κ2) is 7.00. The first kappa shape index (κ1) is 16.9. The number of hydrogen-bond acceptors (Lipinski definition) is 6. The predicted octanol–water partition coefficient (Wildman–Crippen LogP) is 1.91. The van der Waals surface area contributed by atoms with Gasteiger partial charge in [-0.05, 0) is 37.1 Å². The van der Waals surface area contributed by atoms with Crippen molar-refractivity contribution < 1.29 is 8.42 Å². The van der Waals surface area contributed by atoms with Gasteiger partial charge in [-0.25, -0.2) is 13.4 Å². The van der Waals surface area contributed by atoms with E-state index in [2.05, 4.69) is 20.5 Å². The maximum Gasteiger partial charge on any atom is 0.244 e. The van der Waals surface area contributed by atoms with E-state index >= 15 is 0 Å². The zero-order chi connectivity index (χ0) is 18.0. The van der Waals surface area contributed by atoms with E-state index in [1.54, 1.807) is 16.4 Å². The molecule has 0 unspecified atom stereocenters. The lowest BCUT2D eigenvalue weighted by molar-refractivity contribution is 0.346. The largest absolute Gasteiger partial charge is 0.363 e. The maximum atomic E-state index is 12.6. The van der Waals surface area contributed by atoms with Crippen molar-refractivity contribution in [2.75, 3.05) is 18.4 Å². The molecule has 0 amide bonds. The van der Waals surface area contributed by atoms with E-state index in [9.17, 15) is 8.42 Å². The average Bonchev–Trinajstić information content (AvgIpc) is 3.11. The first-order chi connectivity index (χ1) is 12.6. The zero-order valence-corrected chi connectivity index (χ0v) is 15.1. The molecule has 9 heteroatoms. The molecule has 0 aliphatic carbocycles. The van der Waals surface area contributed by atoms with E-state index in [0.29, 0.717) is 25.5 Å². The Morgan fingerprint density at radius 1 is 1.04 bits per heavy atom. The molecule has 1 aliphatic rings. The van der Waals surface area contributed by atoms with Crippen LogP contribution in [0.5, 0.6) is 0 Å². The van der Waals surface area contributed by atoms with Crippen LogP contribution in [0.1, 0.15) is 25.1 Å². The average molecular weight is 372 g/mol. The van der Waals surface area contributed by atoms with Crippen LogP contribution >= 0.6 is 0 Å². The summed E-state index contributed by atoms with van der Waals surface area (Å²) in [4.78, 5) is 4.48.